The van der Waals surface area contributed by atoms with Gasteiger partial charge in [0.2, 0.25) is 5.91 Å². The molecule has 10 nitrogen and oxygen atoms in total. The maximum absolute atomic E-state index is 14.7. The molecule has 1 saturated heterocycles. The maximum atomic E-state index is 14.7. The fourth-order valence-electron chi connectivity index (χ4n) is 5.20. The normalized spacial score (nSPS) is 16.7. The van der Waals surface area contributed by atoms with Crippen molar-refractivity contribution in [1.29, 1.82) is 0 Å². The third kappa shape index (κ3) is 5.15. The molecule has 2 aliphatic heterocycles. The molecule has 5 heterocycles. The van der Waals surface area contributed by atoms with Crippen LogP contribution in [0.25, 0.3) is 22.5 Å². The van der Waals surface area contributed by atoms with Gasteiger partial charge in [-0.2, -0.15) is 0 Å². The molecule has 1 fully saturated rings. The second-order valence-corrected chi connectivity index (χ2v) is 9.92. The number of halogens is 1. The van der Waals surface area contributed by atoms with Crippen LogP contribution >= 0.6 is 0 Å². The highest BCUT2D eigenvalue weighted by molar-refractivity contribution is 5.93. The summed E-state index contributed by atoms with van der Waals surface area (Å²) in [6.07, 6.45) is 8.18. The van der Waals surface area contributed by atoms with Crippen LogP contribution in [0.3, 0.4) is 0 Å². The Balaban J connectivity index is 1.36. The minimum atomic E-state index is -0.471. The molecular formula is C29H29FN8O2. The van der Waals surface area contributed by atoms with Gasteiger partial charge < -0.3 is 26.0 Å². The zero-order valence-electron chi connectivity index (χ0n) is 22.0. The Hall–Kier alpha value is -4.64. The first-order chi connectivity index (χ1) is 19.5. The smallest absolute Gasteiger partial charge is 0.225 e. The van der Waals surface area contributed by atoms with Gasteiger partial charge in [-0.1, -0.05) is 6.07 Å². The van der Waals surface area contributed by atoms with Crippen molar-refractivity contribution < 1.29 is 13.9 Å². The summed E-state index contributed by atoms with van der Waals surface area (Å²) in [5.41, 5.74) is 10.3. The van der Waals surface area contributed by atoms with Gasteiger partial charge in [-0.3, -0.25) is 4.79 Å². The van der Waals surface area contributed by atoms with E-state index in [1.807, 2.05) is 12.3 Å². The van der Waals surface area contributed by atoms with E-state index >= 15 is 0 Å². The number of carbonyl (C=O) groups is 1. The Labute approximate surface area is 230 Å². The zero-order chi connectivity index (χ0) is 27.6. The standard InChI is InChI=1S/C29H29FN8O2/c1-40-23-6-2-5-21(30)27(23)29-32-10-9-24(36-29)35-25-13-22(38-11-3-4-19(31)16-38)20(15-33-25)18-12-17-7-8-26(39)37-28(17)34-14-18/h2,5-6,9-10,12-15,19H,3-4,7-8,11,16,31H2,1H3,(H,34,37,39)(H,32,33,35,36)/t19-/m0/s1. The molecule has 4 aromatic rings. The van der Waals surface area contributed by atoms with Crippen molar-refractivity contribution in [2.45, 2.75) is 31.7 Å². The van der Waals surface area contributed by atoms with Crippen LogP contribution in [0, 0.1) is 5.82 Å². The van der Waals surface area contributed by atoms with E-state index in [9.17, 15) is 9.18 Å². The van der Waals surface area contributed by atoms with Crippen molar-refractivity contribution in [2.75, 3.05) is 35.7 Å². The average Bonchev–Trinajstić information content (AvgIpc) is 2.97. The first kappa shape index (κ1) is 25.6. The second kappa shape index (κ2) is 10.9. The number of anilines is 4. The van der Waals surface area contributed by atoms with Crippen LogP contribution in [0.4, 0.5) is 27.5 Å². The third-order valence-electron chi connectivity index (χ3n) is 7.17. The summed E-state index contributed by atoms with van der Waals surface area (Å²) in [6.45, 7) is 1.58. The molecule has 11 heteroatoms. The number of piperidine rings is 1. The Morgan fingerprint density at radius 1 is 1.12 bits per heavy atom. The minimum absolute atomic E-state index is 0.0193. The number of rotatable bonds is 6. The van der Waals surface area contributed by atoms with Gasteiger partial charge >= 0.3 is 0 Å². The number of nitrogens with zero attached hydrogens (tertiary/aromatic N) is 5. The molecule has 6 rings (SSSR count). The van der Waals surface area contributed by atoms with Gasteiger partial charge in [0.1, 0.15) is 29.0 Å². The van der Waals surface area contributed by atoms with Crippen molar-refractivity contribution >= 4 is 29.0 Å². The van der Waals surface area contributed by atoms with Gasteiger partial charge in [-0.15, -0.1) is 0 Å². The van der Waals surface area contributed by atoms with Crippen LogP contribution in [-0.4, -0.2) is 52.1 Å². The van der Waals surface area contributed by atoms with Crippen molar-refractivity contribution in [1.82, 2.24) is 19.9 Å². The summed E-state index contributed by atoms with van der Waals surface area (Å²) >= 11 is 0. The van der Waals surface area contributed by atoms with Crippen molar-refractivity contribution in [3.8, 4) is 28.3 Å². The summed E-state index contributed by atoms with van der Waals surface area (Å²) in [4.78, 5) is 32.1. The molecule has 2 aliphatic rings. The van der Waals surface area contributed by atoms with Crippen molar-refractivity contribution in [3.63, 3.8) is 0 Å². The molecular weight excluding hydrogens is 511 g/mol. The molecule has 0 spiro atoms. The van der Waals surface area contributed by atoms with Crippen LogP contribution in [0.2, 0.25) is 0 Å². The van der Waals surface area contributed by atoms with Crippen LogP contribution in [-0.2, 0) is 11.2 Å². The van der Waals surface area contributed by atoms with Crippen LogP contribution in [0.1, 0.15) is 24.8 Å². The van der Waals surface area contributed by atoms with Gasteiger partial charge in [-0.05, 0) is 49.1 Å². The molecule has 0 aliphatic carbocycles. The average molecular weight is 541 g/mol. The first-order valence-electron chi connectivity index (χ1n) is 13.2. The van der Waals surface area contributed by atoms with E-state index in [2.05, 4.69) is 41.5 Å². The molecule has 40 heavy (non-hydrogen) atoms. The van der Waals surface area contributed by atoms with Crippen LogP contribution in [0.15, 0.2) is 55.0 Å². The van der Waals surface area contributed by atoms with Crippen LogP contribution in [0.5, 0.6) is 5.75 Å². The first-order valence-corrected chi connectivity index (χ1v) is 13.2. The molecule has 3 aromatic heterocycles. The monoisotopic (exact) mass is 540 g/mol. The number of fused-ring (bicyclic) bond motifs is 1. The number of benzene rings is 1. The summed E-state index contributed by atoms with van der Waals surface area (Å²) in [7, 11) is 1.48. The zero-order valence-corrected chi connectivity index (χ0v) is 22.0. The molecule has 1 atom stereocenters. The Kier molecular flexibility index (Phi) is 6.95. The highest BCUT2D eigenvalue weighted by Crippen LogP contribution is 2.36. The fraction of sp³-hybridized carbons (Fsp3) is 0.276. The van der Waals surface area contributed by atoms with Gasteiger partial charge in [0.15, 0.2) is 5.82 Å². The molecule has 1 amide bonds. The number of nitrogens with two attached hydrogens (primary N) is 1. The van der Waals surface area contributed by atoms with Crippen molar-refractivity contribution in [2.24, 2.45) is 5.73 Å². The van der Waals surface area contributed by atoms with E-state index in [0.29, 0.717) is 36.0 Å². The summed E-state index contributed by atoms with van der Waals surface area (Å²) < 4.78 is 20.0. The lowest BCUT2D eigenvalue weighted by Crippen LogP contribution is -2.43. The number of amides is 1. The predicted octanol–water partition coefficient (Wildman–Crippen LogP) is 4.30. The lowest BCUT2D eigenvalue weighted by molar-refractivity contribution is -0.116. The molecule has 4 N–H and O–H groups in total. The Bertz CT molecular complexity index is 1580. The Morgan fingerprint density at radius 3 is 2.88 bits per heavy atom. The number of nitrogens with one attached hydrogen (secondary N) is 2. The quantitative estimate of drug-likeness (QED) is 0.327. The molecule has 0 unspecified atom stereocenters. The highest BCUT2D eigenvalue weighted by Gasteiger charge is 2.23. The number of methoxy groups -OCH3 is 1. The minimum Gasteiger partial charge on any atom is -0.496 e. The number of hydrogen-bond acceptors (Lipinski definition) is 9. The maximum Gasteiger partial charge on any atom is 0.225 e. The highest BCUT2D eigenvalue weighted by atomic mass is 19.1. The Morgan fingerprint density at radius 2 is 2.02 bits per heavy atom. The lowest BCUT2D eigenvalue weighted by Gasteiger charge is -2.34. The number of pyridine rings is 2. The van der Waals surface area contributed by atoms with E-state index in [1.165, 1.54) is 13.2 Å². The van der Waals surface area contributed by atoms with E-state index in [4.69, 9.17) is 10.5 Å². The van der Waals surface area contributed by atoms with E-state index in [-0.39, 0.29) is 23.3 Å². The molecule has 0 bridgehead atoms. The lowest BCUT2D eigenvalue weighted by atomic mass is 9.99. The van der Waals surface area contributed by atoms with Crippen molar-refractivity contribution in [3.05, 3.63) is 66.4 Å². The predicted molar refractivity (Wildman–Crippen MR) is 151 cm³/mol. The van der Waals surface area contributed by atoms with Gasteiger partial charge in [0.05, 0.1) is 12.7 Å². The number of hydrogen-bond donors (Lipinski definition) is 3. The number of ether oxygens (including phenoxy) is 1. The van der Waals surface area contributed by atoms with Crippen LogP contribution < -0.4 is 26.0 Å². The molecule has 0 saturated carbocycles. The van der Waals surface area contributed by atoms with Gasteiger partial charge in [0.25, 0.3) is 0 Å². The van der Waals surface area contributed by atoms with Gasteiger partial charge in [0, 0.05) is 67.0 Å². The summed E-state index contributed by atoms with van der Waals surface area (Å²) in [6, 6.07) is 10.4. The second-order valence-electron chi connectivity index (χ2n) is 9.92. The van der Waals surface area contributed by atoms with Gasteiger partial charge in [-0.25, -0.2) is 24.3 Å². The third-order valence-corrected chi connectivity index (χ3v) is 7.17. The topological polar surface area (TPSA) is 131 Å². The van der Waals surface area contributed by atoms with E-state index < -0.39 is 5.82 Å². The SMILES string of the molecule is COc1cccc(F)c1-c1nccc(Nc2cc(N3CCC[C@H](N)C3)c(-c3cnc4c(c3)CCC(=O)N4)cn2)n1. The number of aromatic nitrogens is 4. The largest absolute Gasteiger partial charge is 0.496 e. The number of aryl methyl sites for hydroxylation is 1. The van der Waals surface area contributed by atoms with E-state index in [0.717, 1.165) is 48.3 Å². The molecule has 204 valence electrons. The molecule has 0 radical (unpaired) electrons. The summed E-state index contributed by atoms with van der Waals surface area (Å²) in [5, 5.41) is 6.09. The van der Waals surface area contributed by atoms with E-state index in [1.54, 1.807) is 30.6 Å². The number of carbonyl (C=O) groups excluding carboxylic acids is 1. The molecule has 1 aromatic carbocycles. The fourth-order valence-corrected chi connectivity index (χ4v) is 5.20. The summed E-state index contributed by atoms with van der Waals surface area (Å²) in [5.74, 6) is 1.70.